The van der Waals surface area contributed by atoms with Crippen molar-refractivity contribution in [1.29, 1.82) is 0 Å². The number of rotatable bonds is 3. The van der Waals surface area contributed by atoms with Crippen molar-refractivity contribution in [3.8, 4) is 5.75 Å². The highest BCUT2D eigenvalue weighted by molar-refractivity contribution is 5.74. The van der Waals surface area contributed by atoms with Gasteiger partial charge >= 0.3 is 5.97 Å². The zero-order valence-electron chi connectivity index (χ0n) is 9.69. The van der Waals surface area contributed by atoms with Crippen molar-refractivity contribution in [2.75, 3.05) is 0 Å². The minimum absolute atomic E-state index is 0.190. The van der Waals surface area contributed by atoms with Crippen molar-refractivity contribution >= 4 is 5.97 Å². The molecule has 0 aliphatic rings. The fraction of sp³-hybridized carbons (Fsp3) is 0.417. The summed E-state index contributed by atoms with van der Waals surface area (Å²) in [5.74, 6) is -1.10. The molecule has 1 aromatic rings. The van der Waals surface area contributed by atoms with Crippen LogP contribution < -0.4 is 5.73 Å². The Hall–Kier alpha value is -1.55. The first-order chi connectivity index (χ1) is 7.34. The zero-order valence-corrected chi connectivity index (χ0v) is 9.69. The number of aryl methyl sites for hydroxylation is 2. The van der Waals surface area contributed by atoms with E-state index < -0.39 is 12.0 Å². The van der Waals surface area contributed by atoms with Gasteiger partial charge in [0.1, 0.15) is 11.8 Å². The maximum Gasteiger partial charge on any atom is 0.321 e. The summed E-state index contributed by atoms with van der Waals surface area (Å²) in [5.41, 5.74) is 8.23. The van der Waals surface area contributed by atoms with Crippen molar-refractivity contribution in [2.45, 2.75) is 32.7 Å². The summed E-state index contributed by atoms with van der Waals surface area (Å²) in [5, 5.41) is 18.3. The minimum Gasteiger partial charge on any atom is -0.508 e. The quantitative estimate of drug-likeness (QED) is 0.725. The maximum atomic E-state index is 10.8. The first-order valence-electron chi connectivity index (χ1n) is 5.13. The molecule has 0 amide bonds. The molecule has 4 nitrogen and oxygen atoms in total. The largest absolute Gasteiger partial charge is 0.508 e. The third-order valence-electron chi connectivity index (χ3n) is 2.86. The number of hydrogen-bond acceptors (Lipinski definition) is 3. The first kappa shape index (κ1) is 12.5. The molecule has 0 unspecified atom stereocenters. The predicted octanol–water partition coefficient (Wildman–Crippen LogP) is 1.52. The lowest BCUT2D eigenvalue weighted by molar-refractivity contribution is -0.139. The number of carboxylic acid groups (broad SMARTS) is 1. The summed E-state index contributed by atoms with van der Waals surface area (Å²) in [4.78, 5) is 10.8. The lowest BCUT2D eigenvalue weighted by Gasteiger charge is -2.21. The zero-order chi connectivity index (χ0) is 12.5. The van der Waals surface area contributed by atoms with E-state index in [0.29, 0.717) is 0 Å². The number of phenols is 1. The van der Waals surface area contributed by atoms with E-state index in [2.05, 4.69) is 0 Å². The van der Waals surface area contributed by atoms with Crippen LogP contribution in [0.1, 0.15) is 29.5 Å². The van der Waals surface area contributed by atoms with Crippen LogP contribution in [0.3, 0.4) is 0 Å². The number of benzene rings is 1. The summed E-state index contributed by atoms with van der Waals surface area (Å²) in [6.45, 7) is 5.46. The molecule has 4 N–H and O–H groups in total. The smallest absolute Gasteiger partial charge is 0.321 e. The summed E-state index contributed by atoms with van der Waals surface area (Å²) >= 11 is 0. The summed E-state index contributed by atoms with van der Waals surface area (Å²) in [6, 6.07) is 2.31. The van der Waals surface area contributed by atoms with Crippen LogP contribution in [0.15, 0.2) is 12.1 Å². The minimum atomic E-state index is -1.01. The lowest BCUT2D eigenvalue weighted by Crippen LogP contribution is -2.35. The van der Waals surface area contributed by atoms with Crippen molar-refractivity contribution in [3.63, 3.8) is 0 Å². The van der Waals surface area contributed by atoms with E-state index in [1.54, 1.807) is 19.1 Å². The lowest BCUT2D eigenvalue weighted by atomic mass is 9.87. The monoisotopic (exact) mass is 223 g/mol. The second kappa shape index (κ2) is 4.53. The maximum absolute atomic E-state index is 10.8. The second-order valence-corrected chi connectivity index (χ2v) is 4.15. The third-order valence-corrected chi connectivity index (χ3v) is 2.86. The highest BCUT2D eigenvalue weighted by Gasteiger charge is 2.24. The molecule has 1 aromatic carbocycles. The Kier molecular flexibility index (Phi) is 3.55. The molecular formula is C12H17NO3. The van der Waals surface area contributed by atoms with Gasteiger partial charge in [-0.3, -0.25) is 4.79 Å². The molecule has 0 aromatic heterocycles. The molecule has 16 heavy (non-hydrogen) atoms. The topological polar surface area (TPSA) is 83.5 Å². The van der Waals surface area contributed by atoms with Crippen LogP contribution in [0, 0.1) is 13.8 Å². The predicted molar refractivity (Wildman–Crippen MR) is 61.6 cm³/mol. The van der Waals surface area contributed by atoms with Gasteiger partial charge in [0.05, 0.1) is 0 Å². The highest BCUT2D eigenvalue weighted by Crippen LogP contribution is 2.29. The Labute approximate surface area is 94.7 Å². The Morgan fingerprint density at radius 3 is 2.12 bits per heavy atom. The molecular weight excluding hydrogens is 206 g/mol. The molecule has 0 bridgehead atoms. The summed E-state index contributed by atoms with van der Waals surface area (Å²) < 4.78 is 0. The number of hydrogen-bond donors (Lipinski definition) is 3. The fourth-order valence-corrected chi connectivity index (χ4v) is 2.06. The number of carbonyl (C=O) groups is 1. The van der Waals surface area contributed by atoms with Gasteiger partial charge in [-0.15, -0.1) is 0 Å². The van der Waals surface area contributed by atoms with Crippen LogP contribution in [0.25, 0.3) is 0 Å². The third kappa shape index (κ3) is 2.33. The van der Waals surface area contributed by atoms with Gasteiger partial charge in [-0.2, -0.15) is 0 Å². The Morgan fingerprint density at radius 2 is 1.75 bits per heavy atom. The number of aromatic hydroxyl groups is 1. The van der Waals surface area contributed by atoms with E-state index in [1.807, 2.05) is 13.8 Å². The molecule has 4 heteroatoms. The van der Waals surface area contributed by atoms with Crippen LogP contribution in [-0.2, 0) is 4.79 Å². The van der Waals surface area contributed by atoms with Crippen LogP contribution in [-0.4, -0.2) is 22.2 Å². The standard InChI is InChI=1S/C12H17NO3/c1-6-4-9(14)5-7(2)10(6)8(3)11(13)12(15)16/h4-5,8,11,14H,13H2,1-3H3,(H,15,16)/t8-,11-/m1/s1. The summed E-state index contributed by atoms with van der Waals surface area (Å²) in [7, 11) is 0. The van der Waals surface area contributed by atoms with E-state index in [0.717, 1.165) is 16.7 Å². The van der Waals surface area contributed by atoms with Gasteiger partial charge < -0.3 is 15.9 Å². The molecule has 0 aliphatic carbocycles. The van der Waals surface area contributed by atoms with Crippen molar-refractivity contribution in [3.05, 3.63) is 28.8 Å². The Morgan fingerprint density at radius 1 is 1.31 bits per heavy atom. The van der Waals surface area contributed by atoms with E-state index in [9.17, 15) is 9.90 Å². The SMILES string of the molecule is Cc1cc(O)cc(C)c1[C@@H](C)[C@@H](N)C(=O)O. The van der Waals surface area contributed by atoms with Crippen molar-refractivity contribution in [2.24, 2.45) is 5.73 Å². The number of phenolic OH excluding ortho intramolecular Hbond substituents is 1. The Bertz CT molecular complexity index is 392. The van der Waals surface area contributed by atoms with Crippen LogP contribution in [0.2, 0.25) is 0 Å². The van der Waals surface area contributed by atoms with Gasteiger partial charge in [0.25, 0.3) is 0 Å². The Balaban J connectivity index is 3.18. The van der Waals surface area contributed by atoms with Gasteiger partial charge in [-0.25, -0.2) is 0 Å². The first-order valence-corrected chi connectivity index (χ1v) is 5.13. The molecule has 1 rings (SSSR count). The molecule has 88 valence electrons. The number of carboxylic acids is 1. The molecule has 0 spiro atoms. The number of aliphatic carboxylic acids is 1. The van der Waals surface area contributed by atoms with Gasteiger partial charge in [0, 0.05) is 5.92 Å². The van der Waals surface area contributed by atoms with Gasteiger partial charge in [0.2, 0.25) is 0 Å². The van der Waals surface area contributed by atoms with Gasteiger partial charge in [-0.1, -0.05) is 6.92 Å². The number of nitrogens with two attached hydrogens (primary N) is 1. The molecule has 0 fully saturated rings. The van der Waals surface area contributed by atoms with E-state index >= 15 is 0 Å². The molecule has 0 heterocycles. The van der Waals surface area contributed by atoms with E-state index in [4.69, 9.17) is 10.8 Å². The van der Waals surface area contributed by atoms with Gasteiger partial charge in [-0.05, 0) is 42.7 Å². The van der Waals surface area contributed by atoms with Crippen molar-refractivity contribution in [1.82, 2.24) is 0 Å². The molecule has 0 saturated heterocycles. The van der Waals surface area contributed by atoms with Crippen LogP contribution in [0.4, 0.5) is 0 Å². The molecule has 2 atom stereocenters. The normalized spacial score (nSPS) is 14.5. The second-order valence-electron chi connectivity index (χ2n) is 4.15. The highest BCUT2D eigenvalue weighted by atomic mass is 16.4. The van der Waals surface area contributed by atoms with Crippen LogP contribution in [0.5, 0.6) is 5.75 Å². The molecule has 0 aliphatic heterocycles. The van der Waals surface area contributed by atoms with E-state index in [-0.39, 0.29) is 11.7 Å². The average molecular weight is 223 g/mol. The van der Waals surface area contributed by atoms with Crippen molar-refractivity contribution < 1.29 is 15.0 Å². The average Bonchev–Trinajstić information content (AvgIpc) is 2.14. The molecule has 0 saturated carbocycles. The fourth-order valence-electron chi connectivity index (χ4n) is 2.06. The van der Waals surface area contributed by atoms with E-state index in [1.165, 1.54) is 0 Å². The van der Waals surface area contributed by atoms with Gasteiger partial charge in [0.15, 0.2) is 0 Å². The van der Waals surface area contributed by atoms with Crippen LogP contribution >= 0.6 is 0 Å². The molecule has 0 radical (unpaired) electrons. The summed E-state index contributed by atoms with van der Waals surface area (Å²) in [6.07, 6.45) is 0.